The van der Waals surface area contributed by atoms with Crippen LogP contribution in [-0.2, 0) is 17.8 Å². The molecule has 0 fully saturated rings. The SMILES string of the molecule is CC(C)CNC(=O)Cn1c(CCNC(=O)c2ccc(Cl)cc2)nc2ccccc21. The van der Waals surface area contributed by atoms with Gasteiger partial charge in [0.2, 0.25) is 5.91 Å². The van der Waals surface area contributed by atoms with Gasteiger partial charge in [0, 0.05) is 30.1 Å². The molecule has 29 heavy (non-hydrogen) atoms. The van der Waals surface area contributed by atoms with Gasteiger partial charge in [0.05, 0.1) is 11.0 Å². The first-order chi connectivity index (χ1) is 13.9. The van der Waals surface area contributed by atoms with Crippen LogP contribution in [0.1, 0.15) is 30.0 Å². The summed E-state index contributed by atoms with van der Waals surface area (Å²) in [5.74, 6) is 0.940. The van der Waals surface area contributed by atoms with Gasteiger partial charge in [0.15, 0.2) is 0 Å². The van der Waals surface area contributed by atoms with Crippen molar-refractivity contribution in [2.24, 2.45) is 5.92 Å². The van der Waals surface area contributed by atoms with Crippen molar-refractivity contribution in [1.82, 2.24) is 20.2 Å². The van der Waals surface area contributed by atoms with Crippen molar-refractivity contribution in [2.45, 2.75) is 26.8 Å². The van der Waals surface area contributed by atoms with Gasteiger partial charge in [-0.15, -0.1) is 0 Å². The quantitative estimate of drug-likeness (QED) is 0.595. The number of carbonyl (C=O) groups is 2. The van der Waals surface area contributed by atoms with Gasteiger partial charge >= 0.3 is 0 Å². The maximum Gasteiger partial charge on any atom is 0.251 e. The van der Waals surface area contributed by atoms with E-state index in [1.807, 2.05) is 28.8 Å². The largest absolute Gasteiger partial charge is 0.354 e. The highest BCUT2D eigenvalue weighted by Crippen LogP contribution is 2.16. The molecule has 0 aliphatic carbocycles. The van der Waals surface area contributed by atoms with Crippen molar-refractivity contribution < 1.29 is 9.59 Å². The lowest BCUT2D eigenvalue weighted by Crippen LogP contribution is -2.31. The number of nitrogens with one attached hydrogen (secondary N) is 2. The summed E-state index contributed by atoms with van der Waals surface area (Å²) in [6.45, 7) is 5.37. The number of imidazole rings is 1. The van der Waals surface area contributed by atoms with Crippen molar-refractivity contribution in [3.63, 3.8) is 0 Å². The Morgan fingerprint density at radius 3 is 2.52 bits per heavy atom. The van der Waals surface area contributed by atoms with Crippen LogP contribution in [0.5, 0.6) is 0 Å². The maximum atomic E-state index is 12.4. The third-order valence-corrected chi connectivity index (χ3v) is 4.74. The molecule has 0 saturated heterocycles. The molecule has 0 aliphatic rings. The van der Waals surface area contributed by atoms with Crippen molar-refractivity contribution in [3.8, 4) is 0 Å². The van der Waals surface area contributed by atoms with Crippen LogP contribution >= 0.6 is 11.6 Å². The number of amides is 2. The van der Waals surface area contributed by atoms with Crippen LogP contribution in [0.3, 0.4) is 0 Å². The molecule has 0 saturated carbocycles. The number of carbonyl (C=O) groups excluding carboxylic acids is 2. The highest BCUT2D eigenvalue weighted by atomic mass is 35.5. The van der Waals surface area contributed by atoms with Gasteiger partial charge in [-0.05, 0) is 42.3 Å². The Morgan fingerprint density at radius 2 is 1.79 bits per heavy atom. The van der Waals surface area contributed by atoms with Crippen LogP contribution in [0, 0.1) is 5.92 Å². The molecule has 7 heteroatoms. The van der Waals surface area contributed by atoms with Gasteiger partial charge < -0.3 is 15.2 Å². The molecule has 6 nitrogen and oxygen atoms in total. The lowest BCUT2D eigenvalue weighted by molar-refractivity contribution is -0.121. The number of aromatic nitrogens is 2. The van der Waals surface area contributed by atoms with Crippen molar-refractivity contribution in [3.05, 3.63) is 64.9 Å². The topological polar surface area (TPSA) is 76.0 Å². The van der Waals surface area contributed by atoms with E-state index < -0.39 is 0 Å². The van der Waals surface area contributed by atoms with E-state index in [1.54, 1.807) is 24.3 Å². The van der Waals surface area contributed by atoms with E-state index in [4.69, 9.17) is 11.6 Å². The standard InChI is InChI=1S/C22H25ClN4O2/c1-15(2)13-25-21(28)14-27-19-6-4-3-5-18(19)26-20(27)11-12-24-22(29)16-7-9-17(23)10-8-16/h3-10,15H,11-14H2,1-2H3,(H,24,29)(H,25,28). The predicted molar refractivity (Wildman–Crippen MR) is 115 cm³/mol. The predicted octanol–water partition coefficient (Wildman–Crippen LogP) is 3.43. The molecular formula is C22H25ClN4O2. The molecule has 0 spiro atoms. The Morgan fingerprint density at radius 1 is 1.07 bits per heavy atom. The maximum absolute atomic E-state index is 12.4. The van der Waals surface area contributed by atoms with E-state index in [9.17, 15) is 9.59 Å². The smallest absolute Gasteiger partial charge is 0.251 e. The lowest BCUT2D eigenvalue weighted by Gasteiger charge is -2.12. The highest BCUT2D eigenvalue weighted by molar-refractivity contribution is 6.30. The van der Waals surface area contributed by atoms with Gasteiger partial charge in [0.1, 0.15) is 12.4 Å². The molecule has 3 rings (SSSR count). The first-order valence-electron chi connectivity index (χ1n) is 9.68. The van der Waals surface area contributed by atoms with Crippen molar-refractivity contribution in [1.29, 1.82) is 0 Å². The molecule has 3 aromatic rings. The fraction of sp³-hybridized carbons (Fsp3) is 0.318. The number of fused-ring (bicyclic) bond motifs is 1. The highest BCUT2D eigenvalue weighted by Gasteiger charge is 2.14. The molecule has 2 N–H and O–H groups in total. The Balaban J connectivity index is 1.68. The van der Waals surface area contributed by atoms with E-state index in [0.717, 1.165) is 16.9 Å². The number of hydrogen-bond donors (Lipinski definition) is 2. The first kappa shape index (κ1) is 20.9. The third kappa shape index (κ3) is 5.57. The average Bonchev–Trinajstić information content (AvgIpc) is 3.04. The summed E-state index contributed by atoms with van der Waals surface area (Å²) >= 11 is 5.86. The molecule has 0 unspecified atom stereocenters. The van der Waals surface area contributed by atoms with Crippen LogP contribution in [0.25, 0.3) is 11.0 Å². The fourth-order valence-electron chi connectivity index (χ4n) is 3.00. The zero-order valence-electron chi connectivity index (χ0n) is 16.6. The fourth-order valence-corrected chi connectivity index (χ4v) is 3.13. The summed E-state index contributed by atoms with van der Waals surface area (Å²) in [7, 11) is 0. The third-order valence-electron chi connectivity index (χ3n) is 4.48. The van der Waals surface area contributed by atoms with E-state index in [-0.39, 0.29) is 18.4 Å². The van der Waals surface area contributed by atoms with E-state index in [1.165, 1.54) is 0 Å². The van der Waals surface area contributed by atoms with Crippen LogP contribution in [0.2, 0.25) is 5.02 Å². The van der Waals surface area contributed by atoms with Gasteiger partial charge in [-0.1, -0.05) is 37.6 Å². The number of hydrogen-bond acceptors (Lipinski definition) is 3. The Hall–Kier alpha value is -2.86. The van der Waals surface area contributed by atoms with E-state index in [2.05, 4.69) is 29.5 Å². The zero-order valence-corrected chi connectivity index (χ0v) is 17.4. The Labute approximate surface area is 175 Å². The lowest BCUT2D eigenvalue weighted by atomic mass is 10.2. The summed E-state index contributed by atoms with van der Waals surface area (Å²) in [6, 6.07) is 14.5. The van der Waals surface area contributed by atoms with Crippen molar-refractivity contribution in [2.75, 3.05) is 13.1 Å². The summed E-state index contributed by atoms with van der Waals surface area (Å²) in [5.41, 5.74) is 2.30. The first-order valence-corrected chi connectivity index (χ1v) is 10.1. The van der Waals surface area contributed by atoms with Crippen LogP contribution in [-0.4, -0.2) is 34.5 Å². The molecule has 152 valence electrons. The normalized spacial score (nSPS) is 11.0. The second-order valence-electron chi connectivity index (χ2n) is 7.31. The minimum atomic E-state index is -0.168. The summed E-state index contributed by atoms with van der Waals surface area (Å²) in [4.78, 5) is 29.3. The Bertz CT molecular complexity index is 996. The van der Waals surface area contributed by atoms with Gasteiger partial charge in [0.25, 0.3) is 5.91 Å². The molecule has 1 heterocycles. The van der Waals surface area contributed by atoms with E-state index >= 15 is 0 Å². The summed E-state index contributed by atoms with van der Waals surface area (Å²) in [5, 5.41) is 6.43. The number of nitrogens with zero attached hydrogens (tertiary/aromatic N) is 2. The van der Waals surface area contributed by atoms with Crippen LogP contribution < -0.4 is 10.6 Å². The van der Waals surface area contributed by atoms with E-state index in [0.29, 0.717) is 36.0 Å². The average molecular weight is 413 g/mol. The molecule has 2 aromatic carbocycles. The molecule has 1 aromatic heterocycles. The molecule has 0 radical (unpaired) electrons. The minimum absolute atomic E-state index is 0.0479. The second-order valence-corrected chi connectivity index (χ2v) is 7.75. The molecule has 0 aliphatic heterocycles. The van der Waals surface area contributed by atoms with Crippen LogP contribution in [0.15, 0.2) is 48.5 Å². The second kappa shape index (κ2) is 9.56. The number of halogens is 1. The molecule has 2 amide bonds. The molecule has 0 bridgehead atoms. The zero-order chi connectivity index (χ0) is 20.8. The van der Waals surface area contributed by atoms with Crippen LogP contribution in [0.4, 0.5) is 0 Å². The number of benzene rings is 2. The van der Waals surface area contributed by atoms with Crippen molar-refractivity contribution >= 4 is 34.4 Å². The van der Waals surface area contributed by atoms with Gasteiger partial charge in [-0.3, -0.25) is 9.59 Å². The number of para-hydroxylation sites is 2. The molecular weight excluding hydrogens is 388 g/mol. The Kier molecular flexibility index (Phi) is 6.88. The number of rotatable bonds is 8. The summed E-state index contributed by atoms with van der Waals surface area (Å²) in [6.07, 6.45) is 0.519. The minimum Gasteiger partial charge on any atom is -0.354 e. The molecule has 0 atom stereocenters. The van der Waals surface area contributed by atoms with Gasteiger partial charge in [-0.2, -0.15) is 0 Å². The van der Waals surface area contributed by atoms with Gasteiger partial charge in [-0.25, -0.2) is 4.98 Å². The summed E-state index contributed by atoms with van der Waals surface area (Å²) < 4.78 is 1.92. The monoisotopic (exact) mass is 412 g/mol.